The predicted molar refractivity (Wildman–Crippen MR) is 61.0 cm³/mol. The SMILES string of the molecule is Cc1cccc(N2CC[C@@H](C)[C@@H](O)C2)n1. The maximum Gasteiger partial charge on any atom is 0.128 e. The molecule has 0 aromatic carbocycles. The molecule has 1 fully saturated rings. The summed E-state index contributed by atoms with van der Waals surface area (Å²) in [6.45, 7) is 5.80. The van der Waals surface area contributed by atoms with Crippen LogP contribution in [0.15, 0.2) is 18.2 Å². The Morgan fingerprint density at radius 2 is 2.27 bits per heavy atom. The minimum atomic E-state index is -0.221. The third-order valence-electron chi connectivity index (χ3n) is 3.12. The van der Waals surface area contributed by atoms with Gasteiger partial charge in [0, 0.05) is 18.8 Å². The molecule has 0 saturated carbocycles. The van der Waals surface area contributed by atoms with Gasteiger partial charge in [-0.15, -0.1) is 0 Å². The van der Waals surface area contributed by atoms with E-state index in [0.717, 1.165) is 24.5 Å². The Kier molecular flexibility index (Phi) is 2.91. The number of pyridine rings is 1. The maximum atomic E-state index is 9.81. The molecule has 1 N–H and O–H groups in total. The van der Waals surface area contributed by atoms with E-state index in [2.05, 4.69) is 16.8 Å². The average Bonchev–Trinajstić information content (AvgIpc) is 2.22. The zero-order chi connectivity index (χ0) is 10.8. The van der Waals surface area contributed by atoms with E-state index < -0.39 is 0 Å². The van der Waals surface area contributed by atoms with Crippen molar-refractivity contribution < 1.29 is 5.11 Å². The Morgan fingerprint density at radius 1 is 1.47 bits per heavy atom. The van der Waals surface area contributed by atoms with Crippen LogP contribution in [-0.2, 0) is 0 Å². The third kappa shape index (κ3) is 2.29. The number of aryl methyl sites for hydroxylation is 1. The Labute approximate surface area is 90.8 Å². The maximum absolute atomic E-state index is 9.81. The van der Waals surface area contributed by atoms with Crippen molar-refractivity contribution in [3.63, 3.8) is 0 Å². The van der Waals surface area contributed by atoms with Crippen molar-refractivity contribution in [2.24, 2.45) is 5.92 Å². The zero-order valence-electron chi connectivity index (χ0n) is 9.35. The van der Waals surface area contributed by atoms with Crippen LogP contribution in [0.2, 0.25) is 0 Å². The van der Waals surface area contributed by atoms with Gasteiger partial charge in [0.2, 0.25) is 0 Å². The number of aromatic nitrogens is 1. The molecule has 1 aromatic rings. The molecule has 82 valence electrons. The second-order valence-electron chi connectivity index (χ2n) is 4.42. The number of β-amino-alcohol motifs (C(OH)–C–C–N with tert-alkyl or cyclic N) is 1. The van der Waals surface area contributed by atoms with E-state index in [4.69, 9.17) is 0 Å². The lowest BCUT2D eigenvalue weighted by molar-refractivity contribution is 0.102. The second-order valence-corrected chi connectivity index (χ2v) is 4.42. The first-order valence-electron chi connectivity index (χ1n) is 5.53. The van der Waals surface area contributed by atoms with Crippen LogP contribution in [0.5, 0.6) is 0 Å². The lowest BCUT2D eigenvalue weighted by Crippen LogP contribution is -2.43. The Balaban J connectivity index is 2.12. The smallest absolute Gasteiger partial charge is 0.128 e. The highest BCUT2D eigenvalue weighted by Crippen LogP contribution is 2.21. The predicted octanol–water partition coefficient (Wildman–Crippen LogP) is 1.60. The summed E-state index contributed by atoms with van der Waals surface area (Å²) in [6.07, 6.45) is 0.817. The molecule has 0 spiro atoms. The number of nitrogens with zero attached hydrogens (tertiary/aromatic N) is 2. The standard InChI is InChI=1S/C12H18N2O/c1-9-6-7-14(8-11(9)15)12-5-3-4-10(2)13-12/h3-5,9,11,15H,6-8H2,1-2H3/t9-,11+/m1/s1. The molecule has 15 heavy (non-hydrogen) atoms. The lowest BCUT2D eigenvalue weighted by Gasteiger charge is -2.35. The molecule has 0 radical (unpaired) electrons. The topological polar surface area (TPSA) is 36.4 Å². The highest BCUT2D eigenvalue weighted by atomic mass is 16.3. The summed E-state index contributed by atoms with van der Waals surface area (Å²) in [7, 11) is 0. The zero-order valence-corrected chi connectivity index (χ0v) is 9.35. The van der Waals surface area contributed by atoms with E-state index >= 15 is 0 Å². The number of anilines is 1. The van der Waals surface area contributed by atoms with Gasteiger partial charge in [0.25, 0.3) is 0 Å². The molecule has 1 saturated heterocycles. The molecule has 3 nitrogen and oxygen atoms in total. The van der Waals surface area contributed by atoms with Crippen molar-refractivity contribution in [2.75, 3.05) is 18.0 Å². The van der Waals surface area contributed by atoms with Gasteiger partial charge in [0.1, 0.15) is 5.82 Å². The molecule has 2 atom stereocenters. The Bertz CT molecular complexity index is 340. The van der Waals surface area contributed by atoms with Gasteiger partial charge in [-0.2, -0.15) is 0 Å². The van der Waals surface area contributed by atoms with E-state index in [9.17, 15) is 5.11 Å². The first-order chi connectivity index (χ1) is 7.16. The van der Waals surface area contributed by atoms with Crippen molar-refractivity contribution in [2.45, 2.75) is 26.4 Å². The van der Waals surface area contributed by atoms with Crippen LogP contribution in [0.4, 0.5) is 5.82 Å². The number of rotatable bonds is 1. The van der Waals surface area contributed by atoms with Crippen molar-refractivity contribution in [1.29, 1.82) is 0 Å². The first-order valence-corrected chi connectivity index (χ1v) is 5.53. The van der Waals surface area contributed by atoms with Gasteiger partial charge in [-0.25, -0.2) is 4.98 Å². The fourth-order valence-electron chi connectivity index (χ4n) is 1.96. The molecule has 1 aromatic heterocycles. The van der Waals surface area contributed by atoms with Crippen LogP contribution in [0.3, 0.4) is 0 Å². The summed E-state index contributed by atoms with van der Waals surface area (Å²) in [6, 6.07) is 6.02. The van der Waals surface area contributed by atoms with Gasteiger partial charge in [-0.3, -0.25) is 0 Å². The average molecular weight is 206 g/mol. The van der Waals surface area contributed by atoms with E-state index in [-0.39, 0.29) is 6.10 Å². The largest absolute Gasteiger partial charge is 0.391 e. The summed E-state index contributed by atoms with van der Waals surface area (Å²) in [5.41, 5.74) is 1.03. The molecule has 0 unspecified atom stereocenters. The van der Waals surface area contributed by atoms with Crippen molar-refractivity contribution in [3.05, 3.63) is 23.9 Å². The fourth-order valence-corrected chi connectivity index (χ4v) is 1.96. The van der Waals surface area contributed by atoms with Gasteiger partial charge in [0.15, 0.2) is 0 Å². The van der Waals surface area contributed by atoms with Crippen LogP contribution in [0.1, 0.15) is 19.0 Å². The van der Waals surface area contributed by atoms with Crippen LogP contribution < -0.4 is 4.90 Å². The molecule has 0 amide bonds. The highest BCUT2D eigenvalue weighted by Gasteiger charge is 2.24. The molecule has 0 bridgehead atoms. The minimum Gasteiger partial charge on any atom is -0.391 e. The van der Waals surface area contributed by atoms with E-state index in [1.54, 1.807) is 0 Å². The van der Waals surface area contributed by atoms with Gasteiger partial charge in [-0.1, -0.05) is 13.0 Å². The highest BCUT2D eigenvalue weighted by molar-refractivity contribution is 5.39. The van der Waals surface area contributed by atoms with Crippen LogP contribution in [0.25, 0.3) is 0 Å². The molecular formula is C12H18N2O. The monoisotopic (exact) mass is 206 g/mol. The van der Waals surface area contributed by atoms with Crippen LogP contribution >= 0.6 is 0 Å². The van der Waals surface area contributed by atoms with Gasteiger partial charge in [0.05, 0.1) is 6.10 Å². The van der Waals surface area contributed by atoms with Gasteiger partial charge < -0.3 is 10.0 Å². The molecule has 1 aliphatic rings. The lowest BCUT2D eigenvalue weighted by atomic mass is 9.96. The van der Waals surface area contributed by atoms with Crippen LogP contribution in [-0.4, -0.2) is 29.3 Å². The number of hydrogen-bond donors (Lipinski definition) is 1. The quantitative estimate of drug-likeness (QED) is 0.758. The third-order valence-corrected chi connectivity index (χ3v) is 3.12. The Hall–Kier alpha value is -1.09. The normalized spacial score (nSPS) is 26.7. The summed E-state index contributed by atoms with van der Waals surface area (Å²) in [5, 5.41) is 9.81. The van der Waals surface area contributed by atoms with Crippen molar-refractivity contribution in [1.82, 2.24) is 4.98 Å². The number of aliphatic hydroxyl groups is 1. The van der Waals surface area contributed by atoms with Crippen LogP contribution in [0, 0.1) is 12.8 Å². The summed E-state index contributed by atoms with van der Waals surface area (Å²) in [5.74, 6) is 1.40. The molecular weight excluding hydrogens is 188 g/mol. The first kappa shape index (κ1) is 10.4. The number of hydrogen-bond acceptors (Lipinski definition) is 3. The van der Waals surface area contributed by atoms with Gasteiger partial charge in [-0.05, 0) is 31.4 Å². The second kappa shape index (κ2) is 4.19. The van der Waals surface area contributed by atoms with Crippen molar-refractivity contribution in [3.8, 4) is 0 Å². The van der Waals surface area contributed by atoms with E-state index in [1.165, 1.54) is 0 Å². The summed E-state index contributed by atoms with van der Waals surface area (Å²) >= 11 is 0. The summed E-state index contributed by atoms with van der Waals surface area (Å²) in [4.78, 5) is 6.64. The fraction of sp³-hybridized carbons (Fsp3) is 0.583. The van der Waals surface area contributed by atoms with E-state index in [0.29, 0.717) is 12.5 Å². The van der Waals surface area contributed by atoms with E-state index in [1.807, 2.05) is 25.1 Å². The molecule has 0 aliphatic carbocycles. The molecule has 3 heteroatoms. The Morgan fingerprint density at radius 3 is 2.93 bits per heavy atom. The molecule has 1 aliphatic heterocycles. The summed E-state index contributed by atoms with van der Waals surface area (Å²) < 4.78 is 0. The number of piperidine rings is 1. The molecule has 2 rings (SSSR count). The number of aliphatic hydroxyl groups excluding tert-OH is 1. The minimum absolute atomic E-state index is 0.221. The van der Waals surface area contributed by atoms with Crippen molar-refractivity contribution >= 4 is 5.82 Å². The molecule has 2 heterocycles. The van der Waals surface area contributed by atoms with Gasteiger partial charge >= 0.3 is 0 Å².